The van der Waals surface area contributed by atoms with Gasteiger partial charge in [-0.25, -0.2) is 4.79 Å². The Labute approximate surface area is 112 Å². The number of carboxylic acid groups (broad SMARTS) is 1. The highest BCUT2D eigenvalue weighted by molar-refractivity contribution is 9.11. The summed E-state index contributed by atoms with van der Waals surface area (Å²) in [5, 5.41) is 11.1. The Morgan fingerprint density at radius 2 is 2.00 bits per heavy atom. The standard InChI is InChI=1S/C13H11BrO2S/c1-7-3-4-9(5-8(7)2)10-6-17-12(14)11(10)13(15)16/h3-6H,1-2H3,(H,15,16). The largest absolute Gasteiger partial charge is 0.478 e. The highest BCUT2D eigenvalue weighted by atomic mass is 79.9. The minimum Gasteiger partial charge on any atom is -0.478 e. The molecule has 0 bridgehead atoms. The first kappa shape index (κ1) is 12.3. The van der Waals surface area contributed by atoms with Crippen molar-refractivity contribution >= 4 is 33.2 Å². The number of benzene rings is 1. The second kappa shape index (κ2) is 4.63. The molecule has 4 heteroatoms. The summed E-state index contributed by atoms with van der Waals surface area (Å²) in [4.78, 5) is 11.2. The van der Waals surface area contributed by atoms with E-state index in [4.69, 9.17) is 0 Å². The molecule has 1 N–H and O–H groups in total. The summed E-state index contributed by atoms with van der Waals surface area (Å²) >= 11 is 4.69. The number of aryl methyl sites for hydroxylation is 2. The maximum absolute atomic E-state index is 11.2. The van der Waals surface area contributed by atoms with E-state index in [0.717, 1.165) is 11.1 Å². The quantitative estimate of drug-likeness (QED) is 0.887. The second-order valence-electron chi connectivity index (χ2n) is 3.90. The number of hydrogen-bond acceptors (Lipinski definition) is 2. The van der Waals surface area contributed by atoms with Crippen molar-refractivity contribution in [2.45, 2.75) is 13.8 Å². The molecule has 17 heavy (non-hydrogen) atoms. The van der Waals surface area contributed by atoms with Gasteiger partial charge in [-0.2, -0.15) is 0 Å². The third kappa shape index (κ3) is 2.28. The van der Waals surface area contributed by atoms with Gasteiger partial charge >= 0.3 is 5.97 Å². The maximum Gasteiger partial charge on any atom is 0.338 e. The molecule has 88 valence electrons. The van der Waals surface area contributed by atoms with Crippen LogP contribution in [-0.4, -0.2) is 11.1 Å². The zero-order valence-electron chi connectivity index (χ0n) is 9.45. The van der Waals surface area contributed by atoms with Crippen LogP contribution in [0, 0.1) is 13.8 Å². The third-order valence-electron chi connectivity index (χ3n) is 2.78. The molecule has 1 aromatic carbocycles. The van der Waals surface area contributed by atoms with Crippen LogP contribution in [0.2, 0.25) is 0 Å². The summed E-state index contributed by atoms with van der Waals surface area (Å²) < 4.78 is 0.665. The van der Waals surface area contributed by atoms with Crippen LogP contribution in [0.1, 0.15) is 21.5 Å². The van der Waals surface area contributed by atoms with Crippen LogP contribution < -0.4 is 0 Å². The molecule has 2 aromatic rings. The summed E-state index contributed by atoms with van der Waals surface area (Å²) in [5.41, 5.74) is 4.45. The van der Waals surface area contributed by atoms with Crippen molar-refractivity contribution in [2.24, 2.45) is 0 Å². The van der Waals surface area contributed by atoms with Gasteiger partial charge in [-0.15, -0.1) is 11.3 Å². The molecule has 0 saturated carbocycles. The number of hydrogen-bond donors (Lipinski definition) is 1. The van der Waals surface area contributed by atoms with Crippen LogP contribution in [0.4, 0.5) is 0 Å². The van der Waals surface area contributed by atoms with Gasteiger partial charge in [0.1, 0.15) is 0 Å². The molecule has 0 atom stereocenters. The van der Waals surface area contributed by atoms with Gasteiger partial charge in [0.2, 0.25) is 0 Å². The van der Waals surface area contributed by atoms with Gasteiger partial charge in [-0.3, -0.25) is 0 Å². The number of carboxylic acids is 1. The van der Waals surface area contributed by atoms with Crippen molar-refractivity contribution in [3.63, 3.8) is 0 Å². The lowest BCUT2D eigenvalue weighted by molar-refractivity contribution is 0.0697. The van der Waals surface area contributed by atoms with Gasteiger partial charge in [-0.05, 0) is 46.5 Å². The van der Waals surface area contributed by atoms with Gasteiger partial charge < -0.3 is 5.11 Å². The van der Waals surface area contributed by atoms with Gasteiger partial charge in [0.05, 0.1) is 9.35 Å². The van der Waals surface area contributed by atoms with Crippen LogP contribution in [-0.2, 0) is 0 Å². The van der Waals surface area contributed by atoms with E-state index in [9.17, 15) is 9.90 Å². The number of halogens is 1. The Hall–Kier alpha value is -1.13. The summed E-state index contributed by atoms with van der Waals surface area (Å²) in [6.07, 6.45) is 0. The smallest absolute Gasteiger partial charge is 0.338 e. The molecule has 0 aliphatic carbocycles. The molecule has 2 nitrogen and oxygen atoms in total. The summed E-state index contributed by atoms with van der Waals surface area (Å²) in [7, 11) is 0. The van der Waals surface area contributed by atoms with Crippen LogP contribution in [0.3, 0.4) is 0 Å². The lowest BCUT2D eigenvalue weighted by atomic mass is 10.00. The summed E-state index contributed by atoms with van der Waals surface area (Å²) in [6.45, 7) is 4.07. The Morgan fingerprint density at radius 3 is 2.59 bits per heavy atom. The van der Waals surface area contributed by atoms with E-state index in [2.05, 4.69) is 15.9 Å². The SMILES string of the molecule is Cc1ccc(-c2csc(Br)c2C(=O)O)cc1C. The number of aromatic carboxylic acids is 1. The van der Waals surface area contributed by atoms with Crippen LogP contribution in [0.5, 0.6) is 0 Å². The molecule has 0 aliphatic heterocycles. The first-order chi connectivity index (χ1) is 8.00. The fourth-order valence-electron chi connectivity index (χ4n) is 1.66. The van der Waals surface area contributed by atoms with E-state index in [1.54, 1.807) is 0 Å². The van der Waals surface area contributed by atoms with Crippen molar-refractivity contribution in [2.75, 3.05) is 0 Å². The number of carbonyl (C=O) groups is 1. The number of thiophene rings is 1. The van der Waals surface area contributed by atoms with Crippen LogP contribution in [0.15, 0.2) is 27.4 Å². The van der Waals surface area contributed by atoms with E-state index >= 15 is 0 Å². The van der Waals surface area contributed by atoms with E-state index in [1.165, 1.54) is 22.5 Å². The molecule has 2 rings (SSSR count). The molecular formula is C13H11BrO2S. The second-order valence-corrected chi connectivity index (χ2v) is 6.10. The van der Waals surface area contributed by atoms with Crippen molar-refractivity contribution in [3.8, 4) is 11.1 Å². The van der Waals surface area contributed by atoms with E-state index in [0.29, 0.717) is 9.35 Å². The van der Waals surface area contributed by atoms with Crippen molar-refractivity contribution in [1.82, 2.24) is 0 Å². The fraction of sp³-hybridized carbons (Fsp3) is 0.154. The Morgan fingerprint density at radius 1 is 1.29 bits per heavy atom. The fourth-order valence-corrected chi connectivity index (χ4v) is 3.11. The van der Waals surface area contributed by atoms with Gasteiger partial charge in [0.25, 0.3) is 0 Å². The maximum atomic E-state index is 11.2. The average molecular weight is 311 g/mol. The Kier molecular flexibility index (Phi) is 3.35. The Balaban J connectivity index is 2.60. The van der Waals surface area contributed by atoms with Crippen molar-refractivity contribution in [3.05, 3.63) is 44.1 Å². The molecule has 0 fully saturated rings. The predicted molar refractivity (Wildman–Crippen MR) is 73.9 cm³/mol. The predicted octanol–water partition coefficient (Wildman–Crippen LogP) is 4.49. The monoisotopic (exact) mass is 310 g/mol. The molecule has 0 amide bonds. The topological polar surface area (TPSA) is 37.3 Å². The molecule has 0 saturated heterocycles. The van der Waals surface area contributed by atoms with Crippen LogP contribution >= 0.6 is 27.3 Å². The molecular weight excluding hydrogens is 300 g/mol. The minimum atomic E-state index is -0.897. The van der Waals surface area contributed by atoms with Crippen molar-refractivity contribution < 1.29 is 9.90 Å². The lowest BCUT2D eigenvalue weighted by Crippen LogP contribution is -1.97. The third-order valence-corrected chi connectivity index (χ3v) is 4.50. The summed E-state index contributed by atoms with van der Waals surface area (Å²) in [6, 6.07) is 6.00. The van der Waals surface area contributed by atoms with Crippen LogP contribution in [0.25, 0.3) is 11.1 Å². The molecule has 0 spiro atoms. The number of rotatable bonds is 2. The lowest BCUT2D eigenvalue weighted by Gasteiger charge is -2.05. The molecule has 1 aromatic heterocycles. The zero-order valence-corrected chi connectivity index (χ0v) is 11.9. The summed E-state index contributed by atoms with van der Waals surface area (Å²) in [5.74, 6) is -0.897. The molecule has 0 radical (unpaired) electrons. The molecule has 0 aliphatic rings. The van der Waals surface area contributed by atoms with Crippen molar-refractivity contribution in [1.29, 1.82) is 0 Å². The normalized spacial score (nSPS) is 10.5. The van der Waals surface area contributed by atoms with Gasteiger partial charge in [-0.1, -0.05) is 18.2 Å². The van der Waals surface area contributed by atoms with E-state index in [1.807, 2.05) is 37.4 Å². The van der Waals surface area contributed by atoms with E-state index < -0.39 is 5.97 Å². The van der Waals surface area contributed by atoms with E-state index in [-0.39, 0.29) is 0 Å². The molecule has 1 heterocycles. The Bertz CT molecular complexity index is 587. The highest BCUT2D eigenvalue weighted by Gasteiger charge is 2.17. The minimum absolute atomic E-state index is 0.346. The van der Waals surface area contributed by atoms with Gasteiger partial charge in [0, 0.05) is 10.9 Å². The first-order valence-corrected chi connectivity index (χ1v) is 6.76. The average Bonchev–Trinajstić information content (AvgIpc) is 2.64. The molecule has 0 unspecified atom stereocenters. The highest BCUT2D eigenvalue weighted by Crippen LogP contribution is 2.35. The van der Waals surface area contributed by atoms with Gasteiger partial charge in [0.15, 0.2) is 0 Å². The first-order valence-electron chi connectivity index (χ1n) is 5.08. The zero-order chi connectivity index (χ0) is 12.6.